The van der Waals surface area contributed by atoms with E-state index in [9.17, 15) is 19.7 Å². The number of nitrogens with zero attached hydrogens (tertiary/aromatic N) is 1. The minimum Gasteiger partial charge on any atom is -0.483 e. The summed E-state index contributed by atoms with van der Waals surface area (Å²) in [5, 5.41) is 13.4. The maximum absolute atomic E-state index is 12.1. The van der Waals surface area contributed by atoms with Gasteiger partial charge in [-0.1, -0.05) is 23.2 Å². The predicted octanol–water partition coefficient (Wildman–Crippen LogP) is 2.92. The number of rotatable bonds is 5. The highest BCUT2D eigenvalue weighted by molar-refractivity contribution is 7.80. The number of amides is 2. The van der Waals surface area contributed by atoms with E-state index in [1.807, 2.05) is 0 Å². The third-order valence-electron chi connectivity index (χ3n) is 3.44. The van der Waals surface area contributed by atoms with Gasteiger partial charge < -0.3 is 4.74 Å². The molecule has 12 heteroatoms. The molecule has 0 unspecified atom stereocenters. The van der Waals surface area contributed by atoms with Crippen LogP contribution in [-0.4, -0.2) is 28.5 Å². The molecule has 9 nitrogen and oxygen atoms in total. The van der Waals surface area contributed by atoms with Gasteiger partial charge >= 0.3 is 0 Å². The van der Waals surface area contributed by atoms with Crippen LogP contribution in [0.1, 0.15) is 15.9 Å². The van der Waals surface area contributed by atoms with E-state index >= 15 is 0 Å². The van der Waals surface area contributed by atoms with E-state index in [0.717, 1.165) is 11.6 Å². The Balaban J connectivity index is 1.83. The van der Waals surface area contributed by atoms with Crippen LogP contribution in [0.4, 0.5) is 5.69 Å². The van der Waals surface area contributed by atoms with E-state index < -0.39 is 22.4 Å². The summed E-state index contributed by atoms with van der Waals surface area (Å²) in [6.45, 7) is 1.47. The van der Waals surface area contributed by atoms with Gasteiger partial charge in [-0.2, -0.15) is 0 Å². The molecule has 0 radical (unpaired) electrons. The number of hydrogen-bond acceptors (Lipinski definition) is 6. The van der Waals surface area contributed by atoms with Gasteiger partial charge in [0.25, 0.3) is 17.5 Å². The van der Waals surface area contributed by atoms with Crippen LogP contribution in [0.25, 0.3) is 0 Å². The molecular weight excluding hydrogens is 443 g/mol. The van der Waals surface area contributed by atoms with E-state index in [1.54, 1.807) is 25.1 Å². The second kappa shape index (κ2) is 10.0. The summed E-state index contributed by atoms with van der Waals surface area (Å²) >= 11 is 16.4. The van der Waals surface area contributed by atoms with Gasteiger partial charge in [0.05, 0.1) is 4.92 Å². The molecule has 0 atom stereocenters. The first-order valence-corrected chi connectivity index (χ1v) is 9.07. The standard InChI is InChI=1S/C17H14Cl2N4O5S/c1-9-6-11(18)3-5-14(9)28-8-15(24)21-22-17(29)20-16(25)10-2-4-12(19)13(7-10)23(26)27/h2-7H,8H2,1H3,(H,21,24)(H2,20,22,25,29). The van der Waals surface area contributed by atoms with Crippen LogP contribution in [0.2, 0.25) is 10.0 Å². The number of hydrogen-bond donors (Lipinski definition) is 3. The third-order valence-corrected chi connectivity index (χ3v) is 4.20. The number of halogens is 2. The first kappa shape index (κ1) is 22.3. The molecule has 29 heavy (non-hydrogen) atoms. The van der Waals surface area contributed by atoms with E-state index in [4.69, 9.17) is 40.2 Å². The Kier molecular flexibility index (Phi) is 7.71. The van der Waals surface area contributed by atoms with Crippen LogP contribution in [0, 0.1) is 17.0 Å². The average molecular weight is 457 g/mol. The number of nitrogens with one attached hydrogen (secondary N) is 3. The number of hydrazine groups is 1. The van der Waals surface area contributed by atoms with E-state index in [0.29, 0.717) is 10.8 Å². The van der Waals surface area contributed by atoms with Crippen LogP contribution in [-0.2, 0) is 4.79 Å². The molecule has 152 valence electrons. The average Bonchev–Trinajstić information content (AvgIpc) is 2.65. The van der Waals surface area contributed by atoms with E-state index in [1.165, 1.54) is 12.1 Å². The van der Waals surface area contributed by atoms with Gasteiger partial charge in [-0.25, -0.2) is 0 Å². The van der Waals surface area contributed by atoms with Crippen molar-refractivity contribution in [2.75, 3.05) is 6.61 Å². The first-order valence-electron chi connectivity index (χ1n) is 7.90. The molecule has 0 fully saturated rings. The smallest absolute Gasteiger partial charge is 0.288 e. The van der Waals surface area contributed by atoms with Crippen molar-refractivity contribution in [3.8, 4) is 5.75 Å². The molecule has 0 bridgehead atoms. The molecule has 0 aliphatic rings. The predicted molar refractivity (Wildman–Crippen MR) is 111 cm³/mol. The van der Waals surface area contributed by atoms with Crippen LogP contribution in [0.15, 0.2) is 36.4 Å². The summed E-state index contributed by atoms with van der Waals surface area (Å²) in [6.07, 6.45) is 0. The zero-order valence-corrected chi connectivity index (χ0v) is 17.2. The summed E-state index contributed by atoms with van der Waals surface area (Å²) in [5.41, 5.74) is 4.90. The Morgan fingerprint density at radius 1 is 1.17 bits per heavy atom. The van der Waals surface area contributed by atoms with Crippen molar-refractivity contribution in [3.05, 3.63) is 67.7 Å². The molecular formula is C17H14Cl2N4O5S. The second-order valence-corrected chi connectivity index (χ2v) is 6.83. The summed E-state index contributed by atoms with van der Waals surface area (Å²) in [6, 6.07) is 8.50. The first-order chi connectivity index (χ1) is 13.7. The van der Waals surface area contributed by atoms with Gasteiger partial charge in [-0.05, 0) is 55.0 Å². The van der Waals surface area contributed by atoms with Crippen molar-refractivity contribution in [2.24, 2.45) is 0 Å². The molecule has 0 aliphatic carbocycles. The fraction of sp³-hybridized carbons (Fsp3) is 0.118. The Labute approximate surface area is 180 Å². The molecule has 2 aromatic rings. The quantitative estimate of drug-likeness (QED) is 0.359. The highest BCUT2D eigenvalue weighted by Crippen LogP contribution is 2.25. The van der Waals surface area contributed by atoms with E-state index in [-0.39, 0.29) is 22.3 Å². The number of thiocarbonyl (C=S) groups is 1. The molecule has 0 heterocycles. The largest absolute Gasteiger partial charge is 0.483 e. The van der Waals surface area contributed by atoms with Gasteiger partial charge in [0.1, 0.15) is 10.8 Å². The van der Waals surface area contributed by atoms with Crippen LogP contribution >= 0.6 is 35.4 Å². The monoisotopic (exact) mass is 456 g/mol. The van der Waals surface area contributed by atoms with Crippen molar-refractivity contribution in [1.29, 1.82) is 0 Å². The Hall–Kier alpha value is -2.95. The SMILES string of the molecule is Cc1cc(Cl)ccc1OCC(=O)NNC(=S)NC(=O)c1ccc(Cl)c([N+](=O)[O-])c1. The topological polar surface area (TPSA) is 123 Å². The number of aryl methyl sites for hydroxylation is 1. The van der Waals surface area contributed by atoms with Gasteiger partial charge in [-0.15, -0.1) is 0 Å². The number of benzene rings is 2. The molecule has 3 N–H and O–H groups in total. The van der Waals surface area contributed by atoms with Crippen molar-refractivity contribution in [2.45, 2.75) is 6.92 Å². The van der Waals surface area contributed by atoms with Gasteiger partial charge in [0.15, 0.2) is 11.7 Å². The van der Waals surface area contributed by atoms with Gasteiger partial charge in [0, 0.05) is 16.7 Å². The minimum atomic E-state index is -0.718. The summed E-state index contributed by atoms with van der Waals surface area (Å²) in [5.74, 6) is -0.785. The molecule has 0 spiro atoms. The van der Waals surface area contributed by atoms with Crippen molar-refractivity contribution in [3.63, 3.8) is 0 Å². The highest BCUT2D eigenvalue weighted by atomic mass is 35.5. The molecule has 2 aromatic carbocycles. The minimum absolute atomic E-state index is 0.0295. The molecule has 0 saturated carbocycles. The van der Waals surface area contributed by atoms with Crippen molar-refractivity contribution in [1.82, 2.24) is 16.2 Å². The molecule has 2 rings (SSSR count). The Morgan fingerprint density at radius 3 is 2.55 bits per heavy atom. The fourth-order valence-corrected chi connectivity index (χ4v) is 2.64. The molecule has 2 amide bonds. The lowest BCUT2D eigenvalue weighted by Crippen LogP contribution is -2.49. The lowest BCUT2D eigenvalue weighted by molar-refractivity contribution is -0.384. The normalized spacial score (nSPS) is 10.0. The maximum Gasteiger partial charge on any atom is 0.288 e. The third kappa shape index (κ3) is 6.56. The molecule has 0 aromatic heterocycles. The fourth-order valence-electron chi connectivity index (χ4n) is 2.08. The van der Waals surface area contributed by atoms with Crippen molar-refractivity contribution < 1.29 is 19.2 Å². The van der Waals surface area contributed by atoms with Gasteiger partial charge in [0.2, 0.25) is 0 Å². The lowest BCUT2D eigenvalue weighted by Gasteiger charge is -2.12. The summed E-state index contributed by atoms with van der Waals surface area (Å²) in [7, 11) is 0. The zero-order valence-electron chi connectivity index (χ0n) is 14.8. The van der Waals surface area contributed by atoms with Crippen LogP contribution < -0.4 is 20.9 Å². The number of nitro benzene ring substituents is 1. The van der Waals surface area contributed by atoms with Gasteiger partial charge in [-0.3, -0.25) is 35.9 Å². The summed E-state index contributed by atoms with van der Waals surface area (Å²) in [4.78, 5) is 34.1. The number of carbonyl (C=O) groups excluding carboxylic acids is 2. The highest BCUT2D eigenvalue weighted by Gasteiger charge is 2.17. The van der Waals surface area contributed by atoms with Crippen molar-refractivity contribution >= 4 is 58.0 Å². The molecule has 0 aliphatic heterocycles. The summed E-state index contributed by atoms with van der Waals surface area (Å²) < 4.78 is 5.37. The zero-order chi connectivity index (χ0) is 21.6. The number of carbonyl (C=O) groups is 2. The Morgan fingerprint density at radius 2 is 1.90 bits per heavy atom. The van der Waals surface area contributed by atoms with E-state index in [2.05, 4.69) is 16.2 Å². The van der Waals surface area contributed by atoms with Crippen LogP contribution in [0.5, 0.6) is 5.75 Å². The number of nitro groups is 1. The van der Waals surface area contributed by atoms with Crippen LogP contribution in [0.3, 0.4) is 0 Å². The number of ether oxygens (including phenoxy) is 1. The second-order valence-electron chi connectivity index (χ2n) is 5.58. The Bertz CT molecular complexity index is 986. The maximum atomic E-state index is 12.1. The lowest BCUT2D eigenvalue weighted by atomic mass is 10.2. The molecule has 0 saturated heterocycles.